The van der Waals surface area contributed by atoms with Crippen molar-refractivity contribution in [2.75, 3.05) is 45.6 Å². The standard InChI is InChI=1S/C31H37ClF3N5O5/c1-37(2)21-7-11-38(12-8-21)28(42)26(17-19-15-23(31(33,34)35)27(41)24(32)16-19)45-30(44)39-13-9-22(10-14-39)40-18-20-5-3-4-6-25(20)36-29(40)43/h3-6,15-16,21-22,26,41H,7-14,17-18H2,1-2H3,(H,36,43). The summed E-state index contributed by atoms with van der Waals surface area (Å²) in [6, 6.07) is 9.39. The summed E-state index contributed by atoms with van der Waals surface area (Å²) < 4.78 is 46.5. The molecule has 14 heteroatoms. The molecule has 0 bridgehead atoms. The Labute approximate surface area is 264 Å². The van der Waals surface area contributed by atoms with Gasteiger partial charge in [-0.1, -0.05) is 29.8 Å². The highest BCUT2D eigenvalue weighted by atomic mass is 35.5. The summed E-state index contributed by atoms with van der Waals surface area (Å²) in [6.07, 6.45) is -5.03. The van der Waals surface area contributed by atoms with Crippen LogP contribution in [0.25, 0.3) is 0 Å². The number of aromatic hydroxyl groups is 1. The van der Waals surface area contributed by atoms with Crippen LogP contribution >= 0.6 is 11.6 Å². The second-order valence-electron chi connectivity index (χ2n) is 12.0. The Bertz CT molecular complexity index is 1420. The first-order valence-corrected chi connectivity index (χ1v) is 15.3. The highest BCUT2D eigenvalue weighted by Gasteiger charge is 2.38. The average Bonchev–Trinajstić information content (AvgIpc) is 3.01. The molecule has 0 aliphatic carbocycles. The Hall–Kier alpha value is -3.71. The number of urea groups is 1. The van der Waals surface area contributed by atoms with Gasteiger partial charge in [-0.2, -0.15) is 13.2 Å². The van der Waals surface area contributed by atoms with Crippen LogP contribution in [0.5, 0.6) is 5.75 Å². The minimum atomic E-state index is -4.88. The van der Waals surface area contributed by atoms with E-state index in [1.807, 2.05) is 38.4 Å². The van der Waals surface area contributed by atoms with Gasteiger partial charge in [0.25, 0.3) is 5.91 Å². The lowest BCUT2D eigenvalue weighted by atomic mass is 10.00. The smallest absolute Gasteiger partial charge is 0.420 e. The van der Waals surface area contributed by atoms with Crippen molar-refractivity contribution in [3.63, 3.8) is 0 Å². The predicted molar refractivity (Wildman–Crippen MR) is 161 cm³/mol. The molecule has 2 aromatic carbocycles. The molecule has 3 aliphatic rings. The first-order valence-electron chi connectivity index (χ1n) is 15.0. The number of phenolic OH excluding ortho intramolecular Hbond substituents is 1. The van der Waals surface area contributed by atoms with Crippen LogP contribution in [0.4, 0.5) is 28.4 Å². The van der Waals surface area contributed by atoms with Crippen LogP contribution in [-0.4, -0.2) is 101 Å². The number of halogens is 4. The number of piperidine rings is 2. The maximum absolute atomic E-state index is 13.7. The zero-order valence-corrected chi connectivity index (χ0v) is 25.9. The second kappa shape index (κ2) is 13.3. The number of carbonyl (C=O) groups excluding carboxylic acids is 3. The van der Waals surface area contributed by atoms with Gasteiger partial charge in [0.15, 0.2) is 6.10 Å². The predicted octanol–water partition coefficient (Wildman–Crippen LogP) is 5.18. The molecule has 2 aromatic rings. The molecule has 4 amide bonds. The van der Waals surface area contributed by atoms with Crippen molar-refractivity contribution in [3.05, 3.63) is 58.1 Å². The van der Waals surface area contributed by atoms with Gasteiger partial charge in [0.2, 0.25) is 0 Å². The molecular weight excluding hydrogens is 615 g/mol. The molecule has 45 heavy (non-hydrogen) atoms. The summed E-state index contributed by atoms with van der Waals surface area (Å²) in [5.74, 6) is -1.61. The number of nitrogens with zero attached hydrogens (tertiary/aromatic N) is 4. The molecule has 1 atom stereocenters. The summed E-state index contributed by atoms with van der Waals surface area (Å²) >= 11 is 5.93. The van der Waals surface area contributed by atoms with E-state index >= 15 is 0 Å². The summed E-state index contributed by atoms with van der Waals surface area (Å²) in [7, 11) is 3.92. The Morgan fingerprint density at radius 3 is 2.36 bits per heavy atom. The number of benzene rings is 2. The normalized spacial score (nSPS) is 18.9. The molecule has 10 nitrogen and oxygen atoms in total. The van der Waals surface area contributed by atoms with E-state index in [1.54, 1.807) is 9.80 Å². The molecule has 1 unspecified atom stereocenters. The molecule has 2 N–H and O–H groups in total. The van der Waals surface area contributed by atoms with Crippen LogP contribution in [-0.2, 0) is 28.7 Å². The molecule has 2 fully saturated rings. The van der Waals surface area contributed by atoms with E-state index in [0.29, 0.717) is 45.3 Å². The maximum atomic E-state index is 13.7. The van der Waals surface area contributed by atoms with E-state index in [-0.39, 0.29) is 43.2 Å². The third kappa shape index (κ3) is 7.41. The Balaban J connectivity index is 1.28. The molecule has 0 saturated carbocycles. The molecule has 2 saturated heterocycles. The fourth-order valence-electron chi connectivity index (χ4n) is 6.26. The number of nitrogens with one attached hydrogen (secondary N) is 1. The Morgan fingerprint density at radius 2 is 1.71 bits per heavy atom. The summed E-state index contributed by atoms with van der Waals surface area (Å²) in [5, 5.41) is 12.3. The molecule has 3 aliphatic heterocycles. The number of likely N-dealkylation sites (tertiary alicyclic amines) is 2. The first kappa shape index (κ1) is 32.7. The maximum Gasteiger partial charge on any atom is 0.420 e. The van der Waals surface area contributed by atoms with Gasteiger partial charge in [-0.05, 0) is 69.1 Å². The Morgan fingerprint density at radius 1 is 1.07 bits per heavy atom. The van der Waals surface area contributed by atoms with E-state index in [2.05, 4.69) is 10.2 Å². The van der Waals surface area contributed by atoms with Crippen molar-refractivity contribution < 1.29 is 37.4 Å². The van der Waals surface area contributed by atoms with Crippen LogP contribution in [0.2, 0.25) is 5.02 Å². The summed E-state index contributed by atoms with van der Waals surface area (Å²) in [6.45, 7) is 1.81. The highest BCUT2D eigenvalue weighted by Crippen LogP contribution is 2.40. The summed E-state index contributed by atoms with van der Waals surface area (Å²) in [4.78, 5) is 46.7. The van der Waals surface area contributed by atoms with Gasteiger partial charge in [-0.25, -0.2) is 9.59 Å². The molecular formula is C31H37ClF3N5O5. The number of ether oxygens (including phenoxy) is 1. The first-order chi connectivity index (χ1) is 21.3. The lowest BCUT2D eigenvalue weighted by Gasteiger charge is -2.40. The summed E-state index contributed by atoms with van der Waals surface area (Å²) in [5.41, 5.74) is 0.437. The van der Waals surface area contributed by atoms with E-state index < -0.39 is 40.6 Å². The number of alkyl halides is 3. The Kier molecular flexibility index (Phi) is 9.68. The fraction of sp³-hybridized carbons (Fsp3) is 0.516. The SMILES string of the molecule is CN(C)C1CCN(C(=O)C(Cc2cc(Cl)c(O)c(C(F)(F)F)c2)OC(=O)N2CCC(N3Cc4ccccc4NC3=O)CC2)CC1. The van der Waals surface area contributed by atoms with E-state index in [4.69, 9.17) is 16.3 Å². The van der Waals surface area contributed by atoms with Crippen LogP contribution in [0, 0.1) is 0 Å². The largest absolute Gasteiger partial charge is 0.506 e. The van der Waals surface area contributed by atoms with Crippen molar-refractivity contribution >= 4 is 35.3 Å². The van der Waals surface area contributed by atoms with Crippen LogP contribution < -0.4 is 5.32 Å². The number of amides is 4. The van der Waals surface area contributed by atoms with Crippen LogP contribution in [0.1, 0.15) is 42.4 Å². The number of phenols is 1. The van der Waals surface area contributed by atoms with Crippen LogP contribution in [0.15, 0.2) is 36.4 Å². The van der Waals surface area contributed by atoms with Gasteiger partial charge in [0, 0.05) is 56.9 Å². The van der Waals surface area contributed by atoms with Crippen molar-refractivity contribution in [1.29, 1.82) is 0 Å². The van der Waals surface area contributed by atoms with E-state index in [1.165, 1.54) is 4.90 Å². The quantitative estimate of drug-likeness (QED) is 0.446. The third-order valence-electron chi connectivity index (χ3n) is 8.90. The fourth-order valence-corrected chi connectivity index (χ4v) is 6.50. The van der Waals surface area contributed by atoms with Crippen molar-refractivity contribution in [2.24, 2.45) is 0 Å². The second-order valence-corrected chi connectivity index (χ2v) is 12.4. The number of anilines is 1. The number of carbonyl (C=O) groups is 3. The van der Waals surface area contributed by atoms with Gasteiger partial charge in [-0.15, -0.1) is 0 Å². The molecule has 244 valence electrons. The molecule has 0 aromatic heterocycles. The number of fused-ring (bicyclic) bond motifs is 1. The van der Waals surface area contributed by atoms with E-state index in [0.717, 1.165) is 23.4 Å². The lowest BCUT2D eigenvalue weighted by Crippen LogP contribution is -2.52. The van der Waals surface area contributed by atoms with Crippen molar-refractivity contribution in [3.8, 4) is 5.75 Å². The molecule has 5 rings (SSSR count). The zero-order chi connectivity index (χ0) is 32.5. The van der Waals surface area contributed by atoms with Gasteiger partial charge in [-0.3, -0.25) is 4.79 Å². The topological polar surface area (TPSA) is 106 Å². The average molecular weight is 652 g/mol. The zero-order valence-electron chi connectivity index (χ0n) is 25.1. The number of hydrogen-bond donors (Lipinski definition) is 2. The molecule has 0 spiro atoms. The molecule has 3 heterocycles. The number of para-hydroxylation sites is 1. The van der Waals surface area contributed by atoms with Gasteiger partial charge < -0.3 is 34.8 Å². The monoisotopic (exact) mass is 651 g/mol. The number of rotatable bonds is 6. The van der Waals surface area contributed by atoms with Gasteiger partial charge in [0.1, 0.15) is 5.75 Å². The third-order valence-corrected chi connectivity index (χ3v) is 9.19. The minimum absolute atomic E-state index is 0.00504. The lowest BCUT2D eigenvalue weighted by molar-refractivity contribution is -0.142. The van der Waals surface area contributed by atoms with E-state index in [9.17, 15) is 32.7 Å². The van der Waals surface area contributed by atoms with Gasteiger partial charge >= 0.3 is 18.3 Å². The molecule has 0 radical (unpaired) electrons. The van der Waals surface area contributed by atoms with Crippen molar-refractivity contribution in [1.82, 2.24) is 19.6 Å². The number of hydrogen-bond acceptors (Lipinski definition) is 6. The highest BCUT2D eigenvalue weighted by molar-refractivity contribution is 6.32. The minimum Gasteiger partial charge on any atom is -0.506 e. The van der Waals surface area contributed by atoms with Gasteiger partial charge in [0.05, 0.1) is 10.6 Å². The van der Waals surface area contributed by atoms with Crippen molar-refractivity contribution in [2.45, 2.75) is 63.0 Å². The van der Waals surface area contributed by atoms with Crippen LogP contribution in [0.3, 0.4) is 0 Å².